The molecule has 0 aliphatic carbocycles. The standard InChI is InChI=1S/C17H19NO2/c1-20-16-10-7-14(8-11-16)9-12-17(19)18-13-15-5-3-2-4-6-15/h2-8,10-11H,9,12-13H2,1H3,(H,18,19). The summed E-state index contributed by atoms with van der Waals surface area (Å²) < 4.78 is 5.10. The zero-order chi connectivity index (χ0) is 14.2. The molecule has 1 amide bonds. The number of carbonyl (C=O) groups is 1. The van der Waals surface area contributed by atoms with Gasteiger partial charge in [0, 0.05) is 13.0 Å². The molecule has 0 fully saturated rings. The number of rotatable bonds is 6. The molecule has 0 spiro atoms. The third-order valence-electron chi connectivity index (χ3n) is 3.13. The summed E-state index contributed by atoms with van der Waals surface area (Å²) in [5.41, 5.74) is 2.26. The predicted octanol–water partition coefficient (Wildman–Crippen LogP) is 2.94. The maximum Gasteiger partial charge on any atom is 0.220 e. The van der Waals surface area contributed by atoms with Crippen molar-refractivity contribution >= 4 is 5.91 Å². The van der Waals surface area contributed by atoms with Crippen molar-refractivity contribution in [1.29, 1.82) is 0 Å². The van der Waals surface area contributed by atoms with E-state index >= 15 is 0 Å². The molecule has 0 aliphatic rings. The maximum atomic E-state index is 11.8. The molecule has 3 heteroatoms. The topological polar surface area (TPSA) is 38.3 Å². The molecule has 0 saturated carbocycles. The van der Waals surface area contributed by atoms with Gasteiger partial charge in [-0.15, -0.1) is 0 Å². The minimum Gasteiger partial charge on any atom is -0.497 e. The van der Waals surface area contributed by atoms with Crippen molar-refractivity contribution in [2.75, 3.05) is 7.11 Å². The summed E-state index contributed by atoms with van der Waals surface area (Å²) in [5.74, 6) is 0.909. The number of amides is 1. The van der Waals surface area contributed by atoms with Crippen molar-refractivity contribution in [3.63, 3.8) is 0 Å². The third-order valence-corrected chi connectivity index (χ3v) is 3.13. The lowest BCUT2D eigenvalue weighted by molar-refractivity contribution is -0.121. The van der Waals surface area contributed by atoms with Crippen LogP contribution >= 0.6 is 0 Å². The van der Waals surface area contributed by atoms with E-state index in [0.29, 0.717) is 13.0 Å². The summed E-state index contributed by atoms with van der Waals surface area (Å²) in [6, 6.07) is 17.7. The molecule has 2 aromatic rings. The first-order valence-electron chi connectivity index (χ1n) is 6.71. The first kappa shape index (κ1) is 14.1. The van der Waals surface area contributed by atoms with Gasteiger partial charge in [-0.1, -0.05) is 42.5 Å². The van der Waals surface area contributed by atoms with Gasteiger partial charge in [-0.3, -0.25) is 4.79 Å². The first-order chi connectivity index (χ1) is 9.78. The highest BCUT2D eigenvalue weighted by Crippen LogP contribution is 2.12. The molecule has 0 aliphatic heterocycles. The second-order valence-electron chi connectivity index (χ2n) is 4.61. The van der Waals surface area contributed by atoms with E-state index in [2.05, 4.69) is 5.32 Å². The van der Waals surface area contributed by atoms with Crippen molar-refractivity contribution in [2.45, 2.75) is 19.4 Å². The molecule has 0 bridgehead atoms. The molecule has 1 N–H and O–H groups in total. The van der Waals surface area contributed by atoms with Gasteiger partial charge in [0.2, 0.25) is 5.91 Å². The Morgan fingerprint density at radius 1 is 1.00 bits per heavy atom. The van der Waals surface area contributed by atoms with Crippen molar-refractivity contribution in [1.82, 2.24) is 5.32 Å². The number of hydrogen-bond acceptors (Lipinski definition) is 2. The number of methoxy groups -OCH3 is 1. The van der Waals surface area contributed by atoms with Crippen LogP contribution in [0.5, 0.6) is 5.75 Å². The molecule has 104 valence electrons. The quantitative estimate of drug-likeness (QED) is 0.875. The van der Waals surface area contributed by atoms with Gasteiger partial charge in [0.15, 0.2) is 0 Å². The highest BCUT2D eigenvalue weighted by atomic mass is 16.5. The Morgan fingerprint density at radius 2 is 1.70 bits per heavy atom. The monoisotopic (exact) mass is 269 g/mol. The number of carbonyl (C=O) groups excluding carboxylic acids is 1. The van der Waals surface area contributed by atoms with Crippen LogP contribution in [0.25, 0.3) is 0 Å². The molecule has 2 aromatic carbocycles. The molecule has 0 radical (unpaired) electrons. The van der Waals surface area contributed by atoms with Crippen LogP contribution in [0, 0.1) is 0 Å². The largest absolute Gasteiger partial charge is 0.497 e. The van der Waals surface area contributed by atoms with Gasteiger partial charge in [0.25, 0.3) is 0 Å². The Morgan fingerprint density at radius 3 is 2.35 bits per heavy atom. The Bertz CT molecular complexity index is 535. The molecule has 3 nitrogen and oxygen atoms in total. The fourth-order valence-corrected chi connectivity index (χ4v) is 1.93. The van der Waals surface area contributed by atoms with Crippen LogP contribution in [0.4, 0.5) is 0 Å². The third kappa shape index (κ3) is 4.43. The van der Waals surface area contributed by atoms with Gasteiger partial charge in [-0.25, -0.2) is 0 Å². The van der Waals surface area contributed by atoms with Crippen molar-refractivity contribution in [2.24, 2.45) is 0 Å². The minimum absolute atomic E-state index is 0.0738. The fourth-order valence-electron chi connectivity index (χ4n) is 1.93. The molecule has 0 saturated heterocycles. The molecular formula is C17H19NO2. The number of ether oxygens (including phenoxy) is 1. The highest BCUT2D eigenvalue weighted by molar-refractivity contribution is 5.76. The normalized spacial score (nSPS) is 10.1. The Labute approximate surface area is 119 Å². The van der Waals surface area contributed by atoms with Crippen LogP contribution in [-0.2, 0) is 17.8 Å². The van der Waals surface area contributed by atoms with Crippen molar-refractivity contribution < 1.29 is 9.53 Å². The van der Waals surface area contributed by atoms with Crippen LogP contribution in [0.3, 0.4) is 0 Å². The van der Waals surface area contributed by atoms with E-state index in [1.807, 2.05) is 54.6 Å². The second kappa shape index (κ2) is 7.34. The number of hydrogen-bond donors (Lipinski definition) is 1. The first-order valence-corrected chi connectivity index (χ1v) is 6.71. The Kier molecular flexibility index (Phi) is 5.18. The number of benzene rings is 2. The molecule has 0 heterocycles. The molecule has 0 unspecified atom stereocenters. The summed E-state index contributed by atoms with van der Waals surface area (Å²) >= 11 is 0. The number of nitrogens with one attached hydrogen (secondary N) is 1. The smallest absolute Gasteiger partial charge is 0.220 e. The SMILES string of the molecule is COc1ccc(CCC(=O)NCc2ccccc2)cc1. The van der Waals surface area contributed by atoms with Gasteiger partial charge < -0.3 is 10.1 Å². The van der Waals surface area contributed by atoms with Gasteiger partial charge in [-0.05, 0) is 29.7 Å². The van der Waals surface area contributed by atoms with Crippen LogP contribution in [0.15, 0.2) is 54.6 Å². The van der Waals surface area contributed by atoms with Crippen LogP contribution in [0.2, 0.25) is 0 Å². The number of aryl methyl sites for hydroxylation is 1. The maximum absolute atomic E-state index is 11.8. The molecule has 0 atom stereocenters. The van der Waals surface area contributed by atoms with Gasteiger partial charge in [0.05, 0.1) is 7.11 Å². The lowest BCUT2D eigenvalue weighted by Gasteiger charge is -2.06. The lowest BCUT2D eigenvalue weighted by Crippen LogP contribution is -2.22. The lowest BCUT2D eigenvalue weighted by atomic mass is 10.1. The average molecular weight is 269 g/mol. The molecule has 2 rings (SSSR count). The molecule has 0 aromatic heterocycles. The van der Waals surface area contributed by atoms with Crippen LogP contribution in [0.1, 0.15) is 17.5 Å². The van der Waals surface area contributed by atoms with Crippen molar-refractivity contribution in [3.05, 3.63) is 65.7 Å². The van der Waals surface area contributed by atoms with Gasteiger partial charge in [-0.2, -0.15) is 0 Å². The van der Waals surface area contributed by atoms with Gasteiger partial charge in [0.1, 0.15) is 5.75 Å². The van der Waals surface area contributed by atoms with E-state index in [1.165, 1.54) is 0 Å². The summed E-state index contributed by atoms with van der Waals surface area (Å²) in [6.07, 6.45) is 1.24. The van der Waals surface area contributed by atoms with E-state index in [0.717, 1.165) is 23.3 Å². The second-order valence-corrected chi connectivity index (χ2v) is 4.61. The Balaban J connectivity index is 1.74. The van der Waals surface area contributed by atoms with Crippen LogP contribution in [-0.4, -0.2) is 13.0 Å². The summed E-state index contributed by atoms with van der Waals surface area (Å²) in [4.78, 5) is 11.8. The van der Waals surface area contributed by atoms with E-state index in [4.69, 9.17) is 4.74 Å². The summed E-state index contributed by atoms with van der Waals surface area (Å²) in [5, 5.41) is 2.93. The fraction of sp³-hybridized carbons (Fsp3) is 0.235. The van der Waals surface area contributed by atoms with E-state index in [9.17, 15) is 4.79 Å². The molecule has 20 heavy (non-hydrogen) atoms. The van der Waals surface area contributed by atoms with E-state index in [1.54, 1.807) is 7.11 Å². The predicted molar refractivity (Wildman–Crippen MR) is 79.6 cm³/mol. The molecular weight excluding hydrogens is 250 g/mol. The zero-order valence-electron chi connectivity index (χ0n) is 11.6. The van der Waals surface area contributed by atoms with Gasteiger partial charge >= 0.3 is 0 Å². The summed E-state index contributed by atoms with van der Waals surface area (Å²) in [7, 11) is 1.64. The minimum atomic E-state index is 0.0738. The summed E-state index contributed by atoms with van der Waals surface area (Å²) in [6.45, 7) is 0.586. The van der Waals surface area contributed by atoms with E-state index in [-0.39, 0.29) is 5.91 Å². The highest BCUT2D eigenvalue weighted by Gasteiger charge is 2.02. The van der Waals surface area contributed by atoms with E-state index < -0.39 is 0 Å². The van der Waals surface area contributed by atoms with Crippen molar-refractivity contribution in [3.8, 4) is 5.75 Å². The average Bonchev–Trinajstić information content (AvgIpc) is 2.52. The van der Waals surface area contributed by atoms with Crippen LogP contribution < -0.4 is 10.1 Å². The zero-order valence-corrected chi connectivity index (χ0v) is 11.6. The Hall–Kier alpha value is -2.29.